The van der Waals surface area contributed by atoms with E-state index in [-0.39, 0.29) is 11.9 Å². The molecule has 3 atom stereocenters. The Morgan fingerprint density at radius 1 is 1.15 bits per heavy atom. The maximum absolute atomic E-state index is 15.1. The summed E-state index contributed by atoms with van der Waals surface area (Å²) >= 11 is 0. The molecule has 1 aliphatic carbocycles. The lowest BCUT2D eigenvalue weighted by Crippen LogP contribution is -2.44. The molecule has 4 N–H and O–H groups in total. The Morgan fingerprint density at radius 2 is 1.88 bits per heavy atom. The number of nitrogens with two attached hydrogens (primary N) is 1. The first-order valence-electron chi connectivity index (χ1n) is 12.1. The van der Waals surface area contributed by atoms with E-state index in [0.717, 1.165) is 53.5 Å². The lowest BCUT2D eigenvalue weighted by atomic mass is 9.90. The van der Waals surface area contributed by atoms with Gasteiger partial charge >= 0.3 is 0 Å². The second-order valence-corrected chi connectivity index (χ2v) is 9.79. The number of aliphatic imine (C=N–C) groups is 1. The summed E-state index contributed by atoms with van der Waals surface area (Å²) in [6.45, 7) is 6.56. The van der Waals surface area contributed by atoms with Crippen molar-refractivity contribution in [2.45, 2.75) is 77.8 Å². The van der Waals surface area contributed by atoms with E-state index >= 15 is 4.39 Å². The summed E-state index contributed by atoms with van der Waals surface area (Å²) in [5.74, 6) is -0.286. The average molecular weight is 466 g/mol. The van der Waals surface area contributed by atoms with Crippen LogP contribution >= 0.6 is 0 Å². The van der Waals surface area contributed by atoms with Crippen molar-refractivity contribution in [2.75, 3.05) is 7.05 Å². The lowest BCUT2D eigenvalue weighted by Gasteiger charge is -2.36. The van der Waals surface area contributed by atoms with Crippen molar-refractivity contribution < 1.29 is 14.6 Å². The van der Waals surface area contributed by atoms with Gasteiger partial charge in [0.25, 0.3) is 0 Å². The van der Waals surface area contributed by atoms with Crippen LogP contribution in [0, 0.1) is 19.7 Å². The molecular formula is C28H36FN3O2. The van der Waals surface area contributed by atoms with Crippen molar-refractivity contribution in [2.24, 2.45) is 10.7 Å². The molecule has 0 spiro atoms. The number of aliphatic hydroxyl groups is 2. The summed E-state index contributed by atoms with van der Waals surface area (Å²) in [4.78, 5) is 6.07. The van der Waals surface area contributed by atoms with Gasteiger partial charge < -0.3 is 15.9 Å². The number of halogens is 1. The fraction of sp³-hybridized carbons (Fsp3) is 0.464. The highest BCUT2D eigenvalue weighted by Gasteiger charge is 2.39. The van der Waals surface area contributed by atoms with Gasteiger partial charge in [0.05, 0.1) is 6.10 Å². The number of hydrogen-bond acceptors (Lipinski definition) is 5. The van der Waals surface area contributed by atoms with Crippen LogP contribution in [0.25, 0.3) is 5.57 Å². The van der Waals surface area contributed by atoms with Gasteiger partial charge in [0.1, 0.15) is 12.0 Å². The second-order valence-electron chi connectivity index (χ2n) is 9.79. The van der Waals surface area contributed by atoms with Crippen LogP contribution in [0.15, 0.2) is 35.0 Å². The summed E-state index contributed by atoms with van der Waals surface area (Å²) < 4.78 is 15.1. The van der Waals surface area contributed by atoms with Crippen LogP contribution in [-0.2, 0) is 13.0 Å². The van der Waals surface area contributed by atoms with E-state index in [4.69, 9.17) is 5.73 Å². The number of aliphatic hydroxyl groups excluding tert-OH is 2. The quantitative estimate of drug-likeness (QED) is 0.567. The first kappa shape index (κ1) is 24.6. The standard InChI is InChI=1S/C28H36FN3O2/c1-16-17(2)24-15-32(26-7-5-6-8-27(26)33)28(34)22(24)12-21(16)11-20-10-9-19(13-25(20)29)23(14-31-4)18(3)30/h9-10,12-14,26-28,33-34H,5-8,11,15,30H2,1-4H3/t26-,27-,28?/m0/s1. The molecule has 0 saturated heterocycles. The van der Waals surface area contributed by atoms with E-state index in [2.05, 4.69) is 18.8 Å². The van der Waals surface area contributed by atoms with Gasteiger partial charge in [-0.2, -0.15) is 0 Å². The van der Waals surface area contributed by atoms with Crippen LogP contribution in [0.1, 0.15) is 77.8 Å². The maximum Gasteiger partial charge on any atom is 0.134 e. The predicted octanol–water partition coefficient (Wildman–Crippen LogP) is 4.53. The fourth-order valence-electron chi connectivity index (χ4n) is 5.51. The molecule has 0 aromatic heterocycles. The summed E-state index contributed by atoms with van der Waals surface area (Å²) in [5, 5.41) is 21.7. The Labute approximate surface area is 201 Å². The molecule has 0 radical (unpaired) electrons. The smallest absolute Gasteiger partial charge is 0.134 e. The third-order valence-electron chi connectivity index (χ3n) is 7.66. The third-order valence-corrected chi connectivity index (χ3v) is 7.66. The number of allylic oxidation sites excluding steroid dienone is 2. The van der Waals surface area contributed by atoms with Crippen molar-refractivity contribution in [3.05, 3.63) is 74.7 Å². The van der Waals surface area contributed by atoms with Crippen molar-refractivity contribution in [3.63, 3.8) is 0 Å². The van der Waals surface area contributed by atoms with Crippen LogP contribution in [0.3, 0.4) is 0 Å². The summed E-state index contributed by atoms with van der Waals surface area (Å²) in [5.41, 5.74) is 13.9. The van der Waals surface area contributed by atoms with Gasteiger partial charge in [0.2, 0.25) is 0 Å². The van der Waals surface area contributed by atoms with Crippen molar-refractivity contribution in [3.8, 4) is 0 Å². The monoisotopic (exact) mass is 465 g/mol. The molecule has 1 unspecified atom stereocenters. The van der Waals surface area contributed by atoms with Gasteiger partial charge in [-0.1, -0.05) is 31.0 Å². The normalized spacial score (nSPS) is 23.9. The third kappa shape index (κ3) is 4.54. The van der Waals surface area contributed by atoms with E-state index in [1.54, 1.807) is 26.3 Å². The Hall–Kier alpha value is -2.54. The van der Waals surface area contributed by atoms with Gasteiger partial charge in [-0.25, -0.2) is 4.39 Å². The topological polar surface area (TPSA) is 82.1 Å². The first-order chi connectivity index (χ1) is 16.2. The molecule has 2 aromatic rings. The van der Waals surface area contributed by atoms with E-state index in [0.29, 0.717) is 35.4 Å². The molecule has 1 aliphatic heterocycles. The van der Waals surface area contributed by atoms with Crippen molar-refractivity contribution in [1.29, 1.82) is 0 Å². The van der Waals surface area contributed by atoms with Crippen molar-refractivity contribution in [1.82, 2.24) is 4.90 Å². The minimum absolute atomic E-state index is 0.0239. The number of fused-ring (bicyclic) bond motifs is 1. The van der Waals surface area contributed by atoms with E-state index in [1.165, 1.54) is 6.07 Å². The molecule has 5 nitrogen and oxygen atoms in total. The Kier molecular flexibility index (Phi) is 7.22. The summed E-state index contributed by atoms with van der Waals surface area (Å²) in [6, 6.07) is 7.20. The zero-order valence-corrected chi connectivity index (χ0v) is 20.6. The molecule has 1 saturated carbocycles. The van der Waals surface area contributed by atoms with E-state index < -0.39 is 12.3 Å². The molecule has 2 aromatic carbocycles. The highest BCUT2D eigenvalue weighted by atomic mass is 19.1. The van der Waals surface area contributed by atoms with Gasteiger partial charge in [-0.15, -0.1) is 0 Å². The minimum atomic E-state index is -0.744. The second kappa shape index (κ2) is 9.98. The molecule has 1 heterocycles. The van der Waals surface area contributed by atoms with Gasteiger partial charge in [0.15, 0.2) is 0 Å². The predicted molar refractivity (Wildman–Crippen MR) is 135 cm³/mol. The van der Waals surface area contributed by atoms with Gasteiger partial charge in [-0.05, 0) is 73.1 Å². The zero-order chi connectivity index (χ0) is 24.6. The fourth-order valence-corrected chi connectivity index (χ4v) is 5.51. The molecular weight excluding hydrogens is 429 g/mol. The molecule has 34 heavy (non-hydrogen) atoms. The van der Waals surface area contributed by atoms with Gasteiger partial charge in [0, 0.05) is 49.1 Å². The molecule has 0 bridgehead atoms. The molecule has 6 heteroatoms. The Balaban J connectivity index is 1.63. The SMILES string of the molecule is CN=CC(=C(C)N)c1ccc(Cc2cc3c(c(C)c2C)CN([C@H]2CCCC[C@@H]2O)C3O)c(F)c1. The maximum atomic E-state index is 15.1. The number of nitrogens with zero attached hydrogens (tertiary/aromatic N) is 2. The molecule has 182 valence electrons. The van der Waals surface area contributed by atoms with E-state index in [1.807, 2.05) is 17.0 Å². The zero-order valence-electron chi connectivity index (χ0n) is 20.6. The van der Waals surface area contributed by atoms with Crippen LogP contribution < -0.4 is 5.73 Å². The molecule has 4 rings (SSSR count). The van der Waals surface area contributed by atoms with Crippen LogP contribution in [-0.4, -0.2) is 40.5 Å². The molecule has 1 fully saturated rings. The summed E-state index contributed by atoms with van der Waals surface area (Å²) in [7, 11) is 1.66. The highest BCUT2D eigenvalue weighted by molar-refractivity contribution is 6.10. The van der Waals surface area contributed by atoms with Crippen LogP contribution in [0.2, 0.25) is 0 Å². The number of rotatable bonds is 5. The molecule has 0 amide bonds. The largest absolute Gasteiger partial charge is 0.402 e. The first-order valence-corrected chi connectivity index (χ1v) is 12.1. The Morgan fingerprint density at radius 3 is 2.53 bits per heavy atom. The summed E-state index contributed by atoms with van der Waals surface area (Å²) in [6.07, 6.45) is 4.73. The minimum Gasteiger partial charge on any atom is -0.402 e. The number of benzene rings is 2. The lowest BCUT2D eigenvalue weighted by molar-refractivity contribution is -0.0701. The average Bonchev–Trinajstić information content (AvgIpc) is 3.13. The van der Waals surface area contributed by atoms with Gasteiger partial charge in [-0.3, -0.25) is 9.89 Å². The van der Waals surface area contributed by atoms with E-state index in [9.17, 15) is 10.2 Å². The highest BCUT2D eigenvalue weighted by Crippen LogP contribution is 2.41. The Bertz CT molecular complexity index is 1140. The number of hydrogen-bond donors (Lipinski definition) is 3. The van der Waals surface area contributed by atoms with Crippen molar-refractivity contribution >= 4 is 11.8 Å². The van der Waals surface area contributed by atoms with Crippen LogP contribution in [0.5, 0.6) is 0 Å². The molecule has 2 aliphatic rings. The van der Waals surface area contributed by atoms with Crippen LogP contribution in [0.4, 0.5) is 4.39 Å².